The van der Waals surface area contributed by atoms with Gasteiger partial charge in [0.2, 0.25) is 5.96 Å². The van der Waals surface area contributed by atoms with E-state index in [9.17, 15) is 0 Å². The summed E-state index contributed by atoms with van der Waals surface area (Å²) in [6.07, 6.45) is 1.28. The zero-order chi connectivity index (χ0) is 14.4. The largest absolute Gasteiger partial charge is 0.496 e. The molecule has 0 aromatic heterocycles. The van der Waals surface area contributed by atoms with Crippen molar-refractivity contribution >= 4 is 12.2 Å². The number of rotatable bonds is 5. The quantitative estimate of drug-likeness (QED) is 0.410. The number of nitrogens with one attached hydrogen (secondary N) is 1. The van der Waals surface area contributed by atoms with Crippen LogP contribution in [-0.4, -0.2) is 43.9 Å². The fourth-order valence-electron chi connectivity index (χ4n) is 1.33. The molecule has 19 heavy (non-hydrogen) atoms. The first-order valence-electron chi connectivity index (χ1n) is 5.20. The van der Waals surface area contributed by atoms with E-state index < -0.39 is 5.96 Å². The Kier molecular flexibility index (Phi) is 4.95. The molecule has 0 fully saturated rings. The van der Waals surface area contributed by atoms with Gasteiger partial charge in [0.15, 0.2) is 11.5 Å². The van der Waals surface area contributed by atoms with E-state index in [1.54, 1.807) is 12.1 Å². The Bertz CT molecular complexity index is 490. The van der Waals surface area contributed by atoms with E-state index >= 15 is 0 Å². The van der Waals surface area contributed by atoms with Crippen molar-refractivity contribution in [2.24, 2.45) is 10.8 Å². The van der Waals surface area contributed by atoms with Crippen LogP contribution in [0.15, 0.2) is 17.2 Å². The number of nitrogens with two attached hydrogens (primary N) is 1. The highest BCUT2D eigenvalue weighted by Gasteiger charge is 2.10. The molecule has 1 rings (SSSR count). The molecular weight excluding hydrogens is 252 g/mol. The van der Waals surface area contributed by atoms with Gasteiger partial charge in [-0.25, -0.2) is 0 Å². The average molecular weight is 268 g/mol. The van der Waals surface area contributed by atoms with Crippen LogP contribution in [0.2, 0.25) is 0 Å². The molecule has 104 valence electrons. The molecule has 0 aliphatic heterocycles. The van der Waals surface area contributed by atoms with Gasteiger partial charge in [0.1, 0.15) is 5.75 Å². The minimum atomic E-state index is -0.601. The summed E-state index contributed by atoms with van der Waals surface area (Å²) in [4.78, 5) is 0. The Hall–Kier alpha value is -2.48. The van der Waals surface area contributed by atoms with Gasteiger partial charge in [0, 0.05) is 11.6 Å². The third-order valence-electron chi connectivity index (χ3n) is 2.26. The van der Waals surface area contributed by atoms with Crippen molar-refractivity contribution < 1.29 is 19.4 Å². The average Bonchev–Trinajstić information content (AvgIpc) is 2.43. The van der Waals surface area contributed by atoms with Crippen molar-refractivity contribution in [1.82, 2.24) is 5.17 Å². The van der Waals surface area contributed by atoms with E-state index in [-0.39, 0.29) is 5.17 Å². The predicted molar refractivity (Wildman–Crippen MR) is 69.2 cm³/mol. The minimum absolute atomic E-state index is 0.232. The summed E-state index contributed by atoms with van der Waals surface area (Å²) in [6, 6.07) is 3.24. The maximum atomic E-state index is 9.17. The van der Waals surface area contributed by atoms with Crippen LogP contribution in [-0.2, 0) is 0 Å². The van der Waals surface area contributed by atoms with Gasteiger partial charge in [-0.05, 0) is 6.07 Å². The van der Waals surface area contributed by atoms with E-state index in [0.29, 0.717) is 22.8 Å². The minimum Gasteiger partial charge on any atom is -0.496 e. The second-order valence-corrected chi connectivity index (χ2v) is 3.37. The molecule has 4 N–H and O–H groups in total. The lowest BCUT2D eigenvalue weighted by molar-refractivity contribution is -0.0139. The molecule has 8 nitrogen and oxygen atoms in total. The predicted octanol–water partition coefficient (Wildman–Crippen LogP) is 0.631. The Morgan fingerprint density at radius 2 is 1.74 bits per heavy atom. The highest BCUT2D eigenvalue weighted by Crippen LogP contribution is 2.33. The van der Waals surface area contributed by atoms with E-state index in [0.717, 1.165) is 0 Å². The van der Waals surface area contributed by atoms with Crippen LogP contribution in [0.5, 0.6) is 17.2 Å². The number of hydrazone groups is 1. The fourth-order valence-corrected chi connectivity index (χ4v) is 1.33. The third kappa shape index (κ3) is 3.49. The van der Waals surface area contributed by atoms with Crippen LogP contribution in [0.3, 0.4) is 0 Å². The van der Waals surface area contributed by atoms with Crippen LogP contribution in [0.4, 0.5) is 0 Å². The number of ether oxygens (including phenoxy) is 3. The van der Waals surface area contributed by atoms with Gasteiger partial charge in [-0.3, -0.25) is 10.6 Å². The molecule has 0 heterocycles. The second kappa shape index (κ2) is 6.45. The van der Waals surface area contributed by atoms with Gasteiger partial charge in [-0.15, -0.1) is 5.17 Å². The van der Waals surface area contributed by atoms with E-state index in [4.69, 9.17) is 30.6 Å². The van der Waals surface area contributed by atoms with Gasteiger partial charge >= 0.3 is 0 Å². The smallest absolute Gasteiger partial charge is 0.236 e. The van der Waals surface area contributed by atoms with E-state index in [1.165, 1.54) is 27.5 Å². The second-order valence-electron chi connectivity index (χ2n) is 3.37. The van der Waals surface area contributed by atoms with Crippen LogP contribution >= 0.6 is 0 Å². The SMILES string of the molecule is COc1cc(OC)c(OC)cc1/C=N/N(O)C(=N)N. The van der Waals surface area contributed by atoms with Crippen LogP contribution in [0, 0.1) is 5.41 Å². The van der Waals surface area contributed by atoms with Gasteiger partial charge < -0.3 is 19.9 Å². The fraction of sp³-hybridized carbons (Fsp3) is 0.273. The molecule has 0 amide bonds. The lowest BCUT2D eigenvalue weighted by Crippen LogP contribution is -2.28. The zero-order valence-corrected chi connectivity index (χ0v) is 10.9. The van der Waals surface area contributed by atoms with E-state index in [2.05, 4.69) is 5.10 Å². The summed E-state index contributed by atoms with van der Waals surface area (Å²) in [7, 11) is 4.50. The molecule has 0 saturated heterocycles. The van der Waals surface area contributed by atoms with Crippen molar-refractivity contribution in [1.29, 1.82) is 5.41 Å². The van der Waals surface area contributed by atoms with Crippen molar-refractivity contribution in [3.63, 3.8) is 0 Å². The van der Waals surface area contributed by atoms with Crippen LogP contribution < -0.4 is 19.9 Å². The molecular formula is C11H16N4O4. The number of nitrogens with zero attached hydrogens (tertiary/aromatic N) is 2. The molecule has 0 unspecified atom stereocenters. The molecule has 0 spiro atoms. The third-order valence-corrected chi connectivity index (χ3v) is 2.26. The summed E-state index contributed by atoms with van der Waals surface area (Å²) in [6.45, 7) is 0. The summed E-state index contributed by atoms with van der Waals surface area (Å²) >= 11 is 0. The van der Waals surface area contributed by atoms with Crippen LogP contribution in [0.1, 0.15) is 5.56 Å². The lowest BCUT2D eigenvalue weighted by Gasteiger charge is -2.12. The lowest BCUT2D eigenvalue weighted by atomic mass is 10.2. The van der Waals surface area contributed by atoms with Gasteiger partial charge in [-0.1, -0.05) is 0 Å². The summed E-state index contributed by atoms with van der Waals surface area (Å²) in [5, 5.41) is 19.9. The Morgan fingerprint density at radius 1 is 1.21 bits per heavy atom. The monoisotopic (exact) mass is 268 g/mol. The van der Waals surface area contributed by atoms with E-state index in [1.807, 2.05) is 0 Å². The number of hydrogen-bond acceptors (Lipinski definition) is 6. The molecule has 0 aliphatic rings. The van der Waals surface area contributed by atoms with Crippen molar-refractivity contribution in [3.8, 4) is 17.2 Å². The number of hydrogen-bond donors (Lipinski definition) is 3. The Labute approximate surface area is 110 Å². The van der Waals surface area contributed by atoms with Crippen molar-refractivity contribution in [2.75, 3.05) is 21.3 Å². The standard InChI is InChI=1S/C11H16N4O4/c1-17-8-5-10(19-3)9(18-2)4-7(8)6-14-15(16)11(12)13/h4-6,16H,1-3H3,(H3,12,13)/b14-6+. The highest BCUT2D eigenvalue weighted by molar-refractivity contribution is 5.86. The molecule has 0 bridgehead atoms. The molecule has 1 aromatic rings. The summed E-state index contributed by atoms with van der Waals surface area (Å²) in [5.74, 6) is 0.857. The Balaban J connectivity index is 3.15. The van der Waals surface area contributed by atoms with Crippen molar-refractivity contribution in [2.45, 2.75) is 0 Å². The van der Waals surface area contributed by atoms with Gasteiger partial charge in [0.25, 0.3) is 0 Å². The Morgan fingerprint density at radius 3 is 2.21 bits per heavy atom. The molecule has 0 saturated carbocycles. The highest BCUT2D eigenvalue weighted by atomic mass is 16.5. The normalized spacial score (nSPS) is 10.3. The summed E-state index contributed by atoms with van der Waals surface area (Å²) in [5.41, 5.74) is 5.57. The number of benzene rings is 1. The molecule has 0 radical (unpaired) electrons. The summed E-state index contributed by atoms with van der Waals surface area (Å²) < 4.78 is 15.4. The molecule has 0 atom stereocenters. The van der Waals surface area contributed by atoms with Crippen molar-refractivity contribution in [3.05, 3.63) is 17.7 Å². The topological polar surface area (TPSA) is 113 Å². The van der Waals surface area contributed by atoms with Gasteiger partial charge in [-0.2, -0.15) is 5.10 Å². The first kappa shape index (κ1) is 14.6. The van der Waals surface area contributed by atoms with Crippen LogP contribution in [0.25, 0.3) is 0 Å². The number of methoxy groups -OCH3 is 3. The zero-order valence-electron chi connectivity index (χ0n) is 10.9. The first-order valence-corrected chi connectivity index (χ1v) is 5.20. The number of hydroxylamine groups is 1. The molecule has 1 aromatic carbocycles. The van der Waals surface area contributed by atoms with Gasteiger partial charge in [0.05, 0.1) is 27.5 Å². The number of guanidine groups is 1. The first-order chi connectivity index (χ1) is 9.03. The maximum Gasteiger partial charge on any atom is 0.236 e. The maximum absolute atomic E-state index is 9.17. The molecule has 8 heteroatoms. The molecule has 0 aliphatic carbocycles.